The Balaban J connectivity index is 2.21. The smallest absolute Gasteiger partial charge is 0.320 e. The number of aliphatic carboxylic acids is 1. The molecule has 0 saturated carbocycles. The van der Waals surface area contributed by atoms with E-state index in [-0.39, 0.29) is 12.5 Å². The van der Waals surface area contributed by atoms with Gasteiger partial charge >= 0.3 is 5.97 Å². The minimum absolute atomic E-state index is 0.166. The van der Waals surface area contributed by atoms with Crippen LogP contribution in [0, 0.1) is 5.41 Å². The van der Waals surface area contributed by atoms with Gasteiger partial charge in [-0.15, -0.1) is 0 Å². The number of nitrogens with one attached hydrogen (secondary N) is 1. The third-order valence-electron chi connectivity index (χ3n) is 4.00. The highest BCUT2D eigenvalue weighted by Gasteiger charge is 2.50. The molecule has 1 aromatic rings. The molecule has 7 heteroatoms. The second kappa shape index (κ2) is 6.86. The fourth-order valence-electron chi connectivity index (χ4n) is 2.64. The van der Waals surface area contributed by atoms with Crippen molar-refractivity contribution >= 4 is 35.1 Å². The summed E-state index contributed by atoms with van der Waals surface area (Å²) in [5.41, 5.74) is -0.553. The highest BCUT2D eigenvalue weighted by atomic mass is 35.5. The van der Waals surface area contributed by atoms with E-state index in [9.17, 15) is 14.7 Å². The zero-order valence-corrected chi connectivity index (χ0v) is 13.7. The van der Waals surface area contributed by atoms with Gasteiger partial charge in [0.25, 0.3) is 0 Å². The molecule has 2 rings (SSSR count). The summed E-state index contributed by atoms with van der Waals surface area (Å²) >= 11 is 11.9. The number of rotatable bonds is 5. The number of benzene rings is 1. The number of hydrogen-bond donors (Lipinski definition) is 2. The Hall–Kier alpha value is -1.30. The molecule has 1 aliphatic rings. The summed E-state index contributed by atoms with van der Waals surface area (Å²) in [6, 6.07) is 5.15. The van der Waals surface area contributed by atoms with Crippen LogP contribution in [0.3, 0.4) is 0 Å². The van der Waals surface area contributed by atoms with Gasteiger partial charge < -0.3 is 15.3 Å². The van der Waals surface area contributed by atoms with E-state index in [2.05, 4.69) is 5.32 Å². The van der Waals surface area contributed by atoms with Gasteiger partial charge in [-0.25, -0.2) is 0 Å². The van der Waals surface area contributed by atoms with E-state index < -0.39 is 11.4 Å². The monoisotopic (exact) mass is 344 g/mol. The summed E-state index contributed by atoms with van der Waals surface area (Å²) in [6.45, 7) is 3.25. The molecule has 22 heavy (non-hydrogen) atoms. The molecule has 1 aliphatic heterocycles. The molecular weight excluding hydrogens is 327 g/mol. The van der Waals surface area contributed by atoms with Crippen LogP contribution in [-0.2, 0) is 16.1 Å². The Morgan fingerprint density at radius 1 is 1.36 bits per heavy atom. The van der Waals surface area contributed by atoms with Gasteiger partial charge in [-0.05, 0) is 37.6 Å². The van der Waals surface area contributed by atoms with Crippen molar-refractivity contribution in [1.82, 2.24) is 10.2 Å². The number of halogens is 2. The number of carboxylic acid groups (broad SMARTS) is 1. The average molecular weight is 345 g/mol. The molecule has 120 valence electrons. The molecule has 1 atom stereocenters. The van der Waals surface area contributed by atoms with Gasteiger partial charge in [-0.1, -0.05) is 29.3 Å². The van der Waals surface area contributed by atoms with Crippen molar-refractivity contribution < 1.29 is 14.7 Å². The average Bonchev–Trinajstić information content (AvgIpc) is 2.98. The van der Waals surface area contributed by atoms with Gasteiger partial charge in [0.15, 0.2) is 5.41 Å². The molecule has 0 bridgehead atoms. The van der Waals surface area contributed by atoms with Crippen molar-refractivity contribution in [1.29, 1.82) is 0 Å². The fraction of sp³-hybridized carbons (Fsp3) is 0.467. The van der Waals surface area contributed by atoms with E-state index in [1.807, 2.05) is 6.92 Å². The minimum atomic E-state index is -1.37. The molecule has 1 aromatic carbocycles. The van der Waals surface area contributed by atoms with E-state index in [0.717, 1.165) is 5.56 Å². The maximum absolute atomic E-state index is 12.7. The second-order valence-electron chi connectivity index (χ2n) is 5.38. The molecular formula is C15H18Cl2N2O3. The molecule has 0 spiro atoms. The van der Waals surface area contributed by atoms with Crippen LogP contribution in [0.1, 0.15) is 18.9 Å². The number of hydrogen-bond acceptors (Lipinski definition) is 3. The zero-order chi connectivity index (χ0) is 16.3. The van der Waals surface area contributed by atoms with Crippen molar-refractivity contribution in [3.05, 3.63) is 33.8 Å². The first-order valence-corrected chi connectivity index (χ1v) is 7.83. The molecule has 1 amide bonds. The van der Waals surface area contributed by atoms with E-state index in [4.69, 9.17) is 23.2 Å². The van der Waals surface area contributed by atoms with E-state index in [1.54, 1.807) is 23.1 Å². The largest absolute Gasteiger partial charge is 0.480 e. The number of carbonyl (C=O) groups is 2. The minimum Gasteiger partial charge on any atom is -0.480 e. The molecule has 1 unspecified atom stereocenters. The van der Waals surface area contributed by atoms with Crippen LogP contribution in [0.2, 0.25) is 10.0 Å². The molecule has 1 heterocycles. The second-order valence-corrected chi connectivity index (χ2v) is 6.20. The first kappa shape index (κ1) is 17.1. The Morgan fingerprint density at radius 2 is 2.09 bits per heavy atom. The fourth-order valence-corrected chi connectivity index (χ4v) is 2.96. The first-order chi connectivity index (χ1) is 10.4. The Kier molecular flexibility index (Phi) is 5.32. The molecule has 2 N–H and O–H groups in total. The van der Waals surface area contributed by atoms with E-state index >= 15 is 0 Å². The zero-order valence-electron chi connectivity index (χ0n) is 12.2. The van der Waals surface area contributed by atoms with Crippen molar-refractivity contribution in [2.24, 2.45) is 5.41 Å². The summed E-state index contributed by atoms with van der Waals surface area (Å²) < 4.78 is 0. The number of amides is 1. The predicted octanol–water partition coefficient (Wildman–Crippen LogP) is 2.41. The maximum atomic E-state index is 12.7. The summed E-state index contributed by atoms with van der Waals surface area (Å²) in [4.78, 5) is 25.9. The van der Waals surface area contributed by atoms with E-state index in [0.29, 0.717) is 36.1 Å². The van der Waals surface area contributed by atoms with Gasteiger partial charge in [0, 0.05) is 19.6 Å². The Morgan fingerprint density at radius 3 is 2.59 bits per heavy atom. The van der Waals surface area contributed by atoms with E-state index in [1.165, 1.54) is 0 Å². The van der Waals surface area contributed by atoms with Crippen molar-refractivity contribution in [3.63, 3.8) is 0 Å². The van der Waals surface area contributed by atoms with Gasteiger partial charge in [-0.2, -0.15) is 0 Å². The first-order valence-electron chi connectivity index (χ1n) is 7.08. The Labute approximate surface area is 139 Å². The SMILES string of the molecule is CCN(Cc1ccc(Cl)c(Cl)c1)C(=O)C1(C(=O)O)CCNC1. The standard InChI is InChI=1S/C15H18Cl2N2O3/c1-2-19(8-10-3-4-11(16)12(17)7-10)13(20)15(14(21)22)5-6-18-9-15/h3-4,7,18H,2,5-6,8-9H2,1H3,(H,21,22). The third-order valence-corrected chi connectivity index (χ3v) is 4.74. The van der Waals surface area contributed by atoms with Gasteiger partial charge in [0.05, 0.1) is 10.0 Å². The lowest BCUT2D eigenvalue weighted by Gasteiger charge is -2.30. The molecule has 1 saturated heterocycles. The van der Waals surface area contributed by atoms with Crippen LogP contribution < -0.4 is 5.32 Å². The number of carboxylic acids is 1. The quantitative estimate of drug-likeness (QED) is 0.804. The lowest BCUT2D eigenvalue weighted by Crippen LogP contribution is -2.49. The van der Waals surface area contributed by atoms with Crippen LogP contribution in [0.25, 0.3) is 0 Å². The van der Waals surface area contributed by atoms with Crippen LogP contribution in [0.15, 0.2) is 18.2 Å². The maximum Gasteiger partial charge on any atom is 0.320 e. The van der Waals surface area contributed by atoms with Crippen molar-refractivity contribution in [2.45, 2.75) is 19.9 Å². The van der Waals surface area contributed by atoms with Gasteiger partial charge in [0.1, 0.15) is 0 Å². The van der Waals surface area contributed by atoms with Crippen molar-refractivity contribution in [3.8, 4) is 0 Å². The Bertz CT molecular complexity index is 586. The van der Waals surface area contributed by atoms with Crippen LogP contribution in [-0.4, -0.2) is 41.5 Å². The topological polar surface area (TPSA) is 69.6 Å². The molecule has 5 nitrogen and oxygen atoms in total. The van der Waals surface area contributed by atoms with Crippen LogP contribution >= 0.6 is 23.2 Å². The van der Waals surface area contributed by atoms with Crippen LogP contribution in [0.5, 0.6) is 0 Å². The molecule has 0 radical (unpaired) electrons. The normalized spacial score (nSPS) is 20.9. The highest BCUT2D eigenvalue weighted by Crippen LogP contribution is 2.30. The van der Waals surface area contributed by atoms with Gasteiger partial charge in [0.2, 0.25) is 5.91 Å². The molecule has 0 aromatic heterocycles. The summed E-state index contributed by atoms with van der Waals surface area (Å²) in [7, 11) is 0. The third kappa shape index (κ3) is 3.21. The summed E-state index contributed by atoms with van der Waals surface area (Å²) in [6.07, 6.45) is 0.305. The molecule has 0 aliphatic carbocycles. The van der Waals surface area contributed by atoms with Crippen LogP contribution in [0.4, 0.5) is 0 Å². The predicted molar refractivity (Wildman–Crippen MR) is 85.1 cm³/mol. The lowest BCUT2D eigenvalue weighted by atomic mass is 9.85. The summed E-state index contributed by atoms with van der Waals surface area (Å²) in [5.74, 6) is -1.44. The van der Waals surface area contributed by atoms with Gasteiger partial charge in [-0.3, -0.25) is 9.59 Å². The lowest BCUT2D eigenvalue weighted by molar-refractivity contribution is -0.159. The highest BCUT2D eigenvalue weighted by molar-refractivity contribution is 6.42. The number of carbonyl (C=O) groups excluding carboxylic acids is 1. The molecule has 1 fully saturated rings. The van der Waals surface area contributed by atoms with Crippen molar-refractivity contribution in [2.75, 3.05) is 19.6 Å². The summed E-state index contributed by atoms with van der Waals surface area (Å²) in [5, 5.41) is 13.3. The number of nitrogens with zero attached hydrogens (tertiary/aromatic N) is 1.